The molecular formula is C14H19BrN2O. The van der Waals surface area contributed by atoms with Gasteiger partial charge in [-0.1, -0.05) is 15.9 Å². The van der Waals surface area contributed by atoms with E-state index in [4.69, 9.17) is 10.1 Å². The predicted octanol–water partition coefficient (Wildman–Crippen LogP) is 3.75. The summed E-state index contributed by atoms with van der Waals surface area (Å²) in [4.78, 5) is 0. The molecule has 0 aliphatic rings. The van der Waals surface area contributed by atoms with E-state index >= 15 is 0 Å². The topological polar surface area (TPSA) is 45.1 Å². The summed E-state index contributed by atoms with van der Waals surface area (Å²) in [6.07, 6.45) is 5.11. The predicted molar refractivity (Wildman–Crippen MR) is 79.4 cm³/mol. The summed E-state index contributed by atoms with van der Waals surface area (Å²) in [6, 6.07) is 7.86. The van der Waals surface area contributed by atoms with Crippen LogP contribution in [-0.2, 0) is 0 Å². The van der Waals surface area contributed by atoms with Crippen molar-refractivity contribution in [3.63, 3.8) is 0 Å². The number of rotatable bonds is 8. The maximum absolute atomic E-state index is 6.92. The molecule has 3 nitrogen and oxygen atoms in total. The summed E-state index contributed by atoms with van der Waals surface area (Å²) in [6.45, 7) is 3.61. The van der Waals surface area contributed by atoms with Crippen LogP contribution in [0.15, 0.2) is 40.5 Å². The molecule has 0 unspecified atom stereocenters. The highest BCUT2D eigenvalue weighted by atomic mass is 79.9. The van der Waals surface area contributed by atoms with Crippen LogP contribution in [0.25, 0.3) is 0 Å². The Morgan fingerprint density at radius 3 is 2.72 bits per heavy atom. The lowest BCUT2D eigenvalue weighted by atomic mass is 10.3. The molecule has 0 atom stereocenters. The Morgan fingerprint density at radius 1 is 1.33 bits per heavy atom. The first-order valence-electron chi connectivity index (χ1n) is 6.02. The van der Waals surface area contributed by atoms with Gasteiger partial charge >= 0.3 is 0 Å². The highest BCUT2D eigenvalue weighted by Crippen LogP contribution is 2.16. The Bertz CT molecular complexity index is 387. The largest absolute Gasteiger partial charge is 0.494 e. The van der Waals surface area contributed by atoms with E-state index in [9.17, 15) is 0 Å². The summed E-state index contributed by atoms with van der Waals surface area (Å²) in [7, 11) is 0. The van der Waals surface area contributed by atoms with Crippen LogP contribution >= 0.6 is 15.9 Å². The lowest BCUT2D eigenvalue weighted by Gasteiger charge is -2.07. The molecule has 0 aliphatic heterocycles. The van der Waals surface area contributed by atoms with Gasteiger partial charge in [-0.25, -0.2) is 0 Å². The zero-order valence-corrected chi connectivity index (χ0v) is 12.2. The van der Waals surface area contributed by atoms with Gasteiger partial charge in [0.25, 0.3) is 0 Å². The van der Waals surface area contributed by atoms with Crippen LogP contribution in [0, 0.1) is 5.41 Å². The van der Waals surface area contributed by atoms with Gasteiger partial charge in [-0.3, -0.25) is 0 Å². The smallest absolute Gasteiger partial charge is 0.119 e. The van der Waals surface area contributed by atoms with Crippen LogP contribution in [0.5, 0.6) is 5.75 Å². The number of hydrogen-bond acceptors (Lipinski definition) is 3. The second-order valence-corrected chi connectivity index (χ2v) is 4.87. The fourth-order valence-electron chi connectivity index (χ4n) is 1.42. The third-order valence-corrected chi connectivity index (χ3v) is 2.92. The average Bonchev–Trinajstić information content (AvgIpc) is 2.36. The molecule has 0 aliphatic carbocycles. The summed E-state index contributed by atoms with van der Waals surface area (Å²) in [5.41, 5.74) is 1.03. The molecule has 0 saturated heterocycles. The molecule has 0 bridgehead atoms. The van der Waals surface area contributed by atoms with Crippen molar-refractivity contribution in [2.24, 2.45) is 0 Å². The first-order valence-corrected chi connectivity index (χ1v) is 6.81. The normalized spacial score (nSPS) is 11.1. The molecule has 0 aromatic heterocycles. The quantitative estimate of drug-likeness (QED) is 0.567. The van der Waals surface area contributed by atoms with Crippen LogP contribution in [0.2, 0.25) is 0 Å². The second-order valence-electron chi connectivity index (χ2n) is 3.95. The third-order valence-electron chi connectivity index (χ3n) is 2.39. The van der Waals surface area contributed by atoms with E-state index < -0.39 is 0 Å². The second kappa shape index (κ2) is 8.75. The maximum Gasteiger partial charge on any atom is 0.119 e. The molecular weight excluding hydrogens is 292 g/mol. The Morgan fingerprint density at radius 2 is 2.06 bits per heavy atom. The molecule has 1 rings (SSSR count). The Kier molecular flexibility index (Phi) is 7.18. The van der Waals surface area contributed by atoms with E-state index in [0.29, 0.717) is 0 Å². The van der Waals surface area contributed by atoms with E-state index in [1.807, 2.05) is 31.2 Å². The highest BCUT2D eigenvalue weighted by Gasteiger charge is 1.94. The van der Waals surface area contributed by atoms with Crippen molar-refractivity contribution in [3.8, 4) is 5.75 Å². The van der Waals surface area contributed by atoms with Gasteiger partial charge in [0.15, 0.2) is 0 Å². The summed E-state index contributed by atoms with van der Waals surface area (Å²) >= 11 is 3.39. The van der Waals surface area contributed by atoms with Crippen LogP contribution in [0.3, 0.4) is 0 Å². The minimum Gasteiger partial charge on any atom is -0.494 e. The summed E-state index contributed by atoms with van der Waals surface area (Å²) in [5.74, 6) is 0.908. The Balaban J connectivity index is 2.07. The highest BCUT2D eigenvalue weighted by molar-refractivity contribution is 9.10. The minimum absolute atomic E-state index is 0.733. The molecule has 98 valence electrons. The van der Waals surface area contributed by atoms with Gasteiger partial charge in [-0.15, -0.1) is 0 Å². The Labute approximate surface area is 117 Å². The molecule has 1 aromatic carbocycles. The SMILES string of the molecule is C/C(=C\C=N)NCCCCOc1ccc(Br)cc1. The number of ether oxygens (including phenoxy) is 1. The van der Waals surface area contributed by atoms with Gasteiger partial charge in [-0.05, 0) is 50.1 Å². The van der Waals surface area contributed by atoms with E-state index in [0.717, 1.165) is 41.9 Å². The van der Waals surface area contributed by atoms with Crippen molar-refractivity contribution in [2.45, 2.75) is 19.8 Å². The van der Waals surface area contributed by atoms with Crippen molar-refractivity contribution < 1.29 is 4.74 Å². The summed E-state index contributed by atoms with van der Waals surface area (Å²) < 4.78 is 6.68. The number of hydrogen-bond donors (Lipinski definition) is 2. The van der Waals surface area contributed by atoms with Crippen molar-refractivity contribution in [1.82, 2.24) is 5.32 Å². The number of nitrogens with one attached hydrogen (secondary N) is 2. The van der Waals surface area contributed by atoms with E-state index in [-0.39, 0.29) is 0 Å². The molecule has 4 heteroatoms. The van der Waals surface area contributed by atoms with Crippen molar-refractivity contribution in [2.75, 3.05) is 13.2 Å². The molecule has 1 aromatic rings. The third kappa shape index (κ3) is 6.45. The molecule has 0 spiro atoms. The van der Waals surface area contributed by atoms with E-state index in [1.54, 1.807) is 6.08 Å². The molecule has 0 saturated carbocycles. The van der Waals surface area contributed by atoms with Crippen molar-refractivity contribution in [1.29, 1.82) is 5.41 Å². The van der Waals surface area contributed by atoms with Gasteiger partial charge in [0.05, 0.1) is 6.61 Å². The van der Waals surface area contributed by atoms with E-state index in [1.165, 1.54) is 6.21 Å². The average molecular weight is 311 g/mol. The van der Waals surface area contributed by atoms with Gasteiger partial charge < -0.3 is 15.5 Å². The van der Waals surface area contributed by atoms with Crippen LogP contribution < -0.4 is 10.1 Å². The summed E-state index contributed by atoms with van der Waals surface area (Å²) in [5, 5.41) is 10.2. The first kappa shape index (κ1) is 14.8. The van der Waals surface area contributed by atoms with Gasteiger partial charge in [0, 0.05) is 22.9 Å². The molecule has 2 N–H and O–H groups in total. The van der Waals surface area contributed by atoms with Crippen LogP contribution in [-0.4, -0.2) is 19.4 Å². The fraction of sp³-hybridized carbons (Fsp3) is 0.357. The number of allylic oxidation sites excluding steroid dienone is 2. The molecule has 0 amide bonds. The molecule has 0 radical (unpaired) electrons. The number of benzene rings is 1. The zero-order chi connectivity index (χ0) is 13.2. The van der Waals surface area contributed by atoms with Crippen molar-refractivity contribution in [3.05, 3.63) is 40.5 Å². The lowest BCUT2D eigenvalue weighted by molar-refractivity contribution is 0.306. The zero-order valence-electron chi connectivity index (χ0n) is 10.6. The monoisotopic (exact) mass is 310 g/mol. The molecule has 0 heterocycles. The van der Waals surface area contributed by atoms with Gasteiger partial charge in [0.1, 0.15) is 5.75 Å². The first-order chi connectivity index (χ1) is 8.72. The fourth-order valence-corrected chi connectivity index (χ4v) is 1.68. The van der Waals surface area contributed by atoms with Crippen LogP contribution in [0.4, 0.5) is 0 Å². The standard InChI is InChI=1S/C14H19BrN2O/c1-12(8-9-16)17-10-2-3-11-18-14-6-4-13(15)5-7-14/h4-9,16-17H,2-3,10-11H2,1H3/b12-8+,16-9?. The maximum atomic E-state index is 6.92. The van der Waals surface area contributed by atoms with Gasteiger partial charge in [0.2, 0.25) is 0 Å². The minimum atomic E-state index is 0.733. The Hall–Kier alpha value is -1.29. The van der Waals surface area contributed by atoms with Crippen LogP contribution in [0.1, 0.15) is 19.8 Å². The van der Waals surface area contributed by atoms with Crippen molar-refractivity contribution >= 4 is 22.1 Å². The number of halogens is 1. The van der Waals surface area contributed by atoms with E-state index in [2.05, 4.69) is 21.2 Å². The molecule has 18 heavy (non-hydrogen) atoms. The van der Waals surface area contributed by atoms with Gasteiger partial charge in [-0.2, -0.15) is 0 Å². The lowest BCUT2D eigenvalue weighted by Crippen LogP contribution is -2.13. The molecule has 0 fully saturated rings. The number of unbranched alkanes of at least 4 members (excludes halogenated alkanes) is 1.